The highest BCUT2D eigenvalue weighted by atomic mass is 16.5. The van der Waals surface area contributed by atoms with Crippen molar-refractivity contribution < 1.29 is 14.3 Å². The number of nitrogens with two attached hydrogens (primary N) is 1. The number of hydrogen-bond donors (Lipinski definition) is 2. The molecule has 8 nitrogen and oxygen atoms in total. The van der Waals surface area contributed by atoms with E-state index in [4.69, 9.17) is 15.2 Å². The SMILES string of the molecule is COc1ccc(Cc2nc(C(C)N)n(CC(=O)NC(C)C)n2)cc1OC. The van der Waals surface area contributed by atoms with Gasteiger partial charge in [0.25, 0.3) is 0 Å². The molecule has 2 aromatic rings. The third-order valence-corrected chi connectivity index (χ3v) is 3.70. The Kier molecular flexibility index (Phi) is 6.57. The van der Waals surface area contributed by atoms with Gasteiger partial charge in [-0.05, 0) is 38.5 Å². The highest BCUT2D eigenvalue weighted by Crippen LogP contribution is 2.28. The van der Waals surface area contributed by atoms with E-state index in [0.717, 1.165) is 5.56 Å². The summed E-state index contributed by atoms with van der Waals surface area (Å²) in [4.78, 5) is 16.6. The Hall–Kier alpha value is -2.61. The maximum atomic E-state index is 12.0. The molecule has 1 atom stereocenters. The van der Waals surface area contributed by atoms with Crippen molar-refractivity contribution in [2.75, 3.05) is 14.2 Å². The van der Waals surface area contributed by atoms with Crippen molar-refractivity contribution in [3.63, 3.8) is 0 Å². The number of nitrogens with zero attached hydrogens (tertiary/aromatic N) is 3. The summed E-state index contributed by atoms with van der Waals surface area (Å²) >= 11 is 0. The fourth-order valence-electron chi connectivity index (χ4n) is 2.61. The number of amides is 1. The van der Waals surface area contributed by atoms with Crippen LogP contribution in [0.1, 0.15) is 44.0 Å². The molecule has 3 N–H and O–H groups in total. The molecule has 1 aromatic carbocycles. The molecule has 0 saturated carbocycles. The van der Waals surface area contributed by atoms with E-state index in [1.165, 1.54) is 0 Å². The number of ether oxygens (including phenoxy) is 2. The largest absolute Gasteiger partial charge is 0.493 e. The minimum Gasteiger partial charge on any atom is -0.493 e. The first-order valence-corrected chi connectivity index (χ1v) is 8.53. The molecule has 1 heterocycles. The zero-order valence-corrected chi connectivity index (χ0v) is 15.9. The molecule has 0 radical (unpaired) electrons. The summed E-state index contributed by atoms with van der Waals surface area (Å²) in [6, 6.07) is 5.40. The van der Waals surface area contributed by atoms with Crippen molar-refractivity contribution in [1.29, 1.82) is 0 Å². The highest BCUT2D eigenvalue weighted by Gasteiger charge is 2.17. The van der Waals surface area contributed by atoms with E-state index in [9.17, 15) is 4.79 Å². The van der Waals surface area contributed by atoms with E-state index >= 15 is 0 Å². The van der Waals surface area contributed by atoms with Crippen molar-refractivity contribution in [3.8, 4) is 11.5 Å². The van der Waals surface area contributed by atoms with Gasteiger partial charge in [-0.1, -0.05) is 6.07 Å². The molecule has 0 bridgehead atoms. The van der Waals surface area contributed by atoms with Crippen molar-refractivity contribution in [2.45, 2.75) is 45.8 Å². The van der Waals surface area contributed by atoms with Crippen LogP contribution in [0.3, 0.4) is 0 Å². The van der Waals surface area contributed by atoms with Gasteiger partial charge < -0.3 is 20.5 Å². The van der Waals surface area contributed by atoms with Crippen molar-refractivity contribution in [1.82, 2.24) is 20.1 Å². The lowest BCUT2D eigenvalue weighted by atomic mass is 10.1. The average Bonchev–Trinajstić information content (AvgIpc) is 2.96. The number of aromatic nitrogens is 3. The smallest absolute Gasteiger partial charge is 0.242 e. The molecule has 8 heteroatoms. The Morgan fingerprint density at radius 2 is 1.92 bits per heavy atom. The minimum absolute atomic E-state index is 0.0657. The summed E-state index contributed by atoms with van der Waals surface area (Å²) < 4.78 is 12.1. The first-order chi connectivity index (χ1) is 12.3. The standard InChI is InChI=1S/C18H27N5O3/c1-11(2)20-17(24)10-23-18(12(3)19)21-16(22-23)9-13-6-7-14(25-4)15(8-13)26-5/h6-8,11-12H,9-10,19H2,1-5H3,(H,20,24). The number of carbonyl (C=O) groups excluding carboxylic acids is 1. The second kappa shape index (κ2) is 8.66. The van der Waals surface area contributed by atoms with E-state index < -0.39 is 0 Å². The topological polar surface area (TPSA) is 104 Å². The summed E-state index contributed by atoms with van der Waals surface area (Å²) in [5.41, 5.74) is 6.96. The predicted octanol–water partition coefficient (Wildman–Crippen LogP) is 1.43. The van der Waals surface area contributed by atoms with Gasteiger partial charge in [0.05, 0.1) is 20.3 Å². The third kappa shape index (κ3) is 4.95. The molecule has 26 heavy (non-hydrogen) atoms. The molecular weight excluding hydrogens is 334 g/mol. The summed E-state index contributed by atoms with van der Waals surface area (Å²) in [7, 11) is 3.19. The highest BCUT2D eigenvalue weighted by molar-refractivity contribution is 5.75. The summed E-state index contributed by atoms with van der Waals surface area (Å²) in [5, 5.41) is 7.31. The Morgan fingerprint density at radius 3 is 2.50 bits per heavy atom. The van der Waals surface area contributed by atoms with E-state index in [2.05, 4.69) is 15.4 Å². The van der Waals surface area contributed by atoms with Crippen LogP contribution in [-0.2, 0) is 17.8 Å². The molecule has 0 spiro atoms. The zero-order chi connectivity index (χ0) is 19.3. The molecule has 0 fully saturated rings. The summed E-state index contributed by atoms with van der Waals surface area (Å²) in [6.45, 7) is 5.73. The number of nitrogens with one attached hydrogen (secondary N) is 1. The van der Waals surface area contributed by atoms with Gasteiger partial charge in [-0.15, -0.1) is 0 Å². The van der Waals surface area contributed by atoms with E-state index in [-0.39, 0.29) is 24.5 Å². The van der Waals surface area contributed by atoms with Crippen LogP contribution >= 0.6 is 0 Å². The number of carbonyl (C=O) groups is 1. The maximum absolute atomic E-state index is 12.0. The van der Waals surface area contributed by atoms with Gasteiger partial charge in [0, 0.05) is 12.5 Å². The molecule has 2 rings (SSSR count). The van der Waals surface area contributed by atoms with Crippen LogP contribution in [0.25, 0.3) is 0 Å². The Labute approximate surface area is 153 Å². The quantitative estimate of drug-likeness (QED) is 0.737. The lowest BCUT2D eigenvalue weighted by Crippen LogP contribution is -2.34. The molecule has 1 amide bonds. The fourth-order valence-corrected chi connectivity index (χ4v) is 2.61. The van der Waals surface area contributed by atoms with Crippen LogP contribution in [0.2, 0.25) is 0 Å². The first kappa shape index (κ1) is 19.7. The van der Waals surface area contributed by atoms with Crippen LogP contribution < -0.4 is 20.5 Å². The maximum Gasteiger partial charge on any atom is 0.242 e. The van der Waals surface area contributed by atoms with Gasteiger partial charge in [0.15, 0.2) is 17.3 Å². The van der Waals surface area contributed by atoms with Crippen LogP contribution in [0.4, 0.5) is 0 Å². The van der Waals surface area contributed by atoms with Gasteiger partial charge in [-0.25, -0.2) is 9.67 Å². The van der Waals surface area contributed by atoms with Crippen LogP contribution in [-0.4, -0.2) is 40.9 Å². The predicted molar refractivity (Wildman–Crippen MR) is 98.3 cm³/mol. The fraction of sp³-hybridized carbons (Fsp3) is 0.500. The molecule has 142 valence electrons. The Bertz CT molecular complexity index is 755. The molecule has 0 aliphatic heterocycles. The summed E-state index contributed by atoms with van der Waals surface area (Å²) in [6.07, 6.45) is 0.499. The number of methoxy groups -OCH3 is 2. The molecule has 1 unspecified atom stereocenters. The molecule has 0 aliphatic carbocycles. The molecule has 0 saturated heterocycles. The summed E-state index contributed by atoms with van der Waals surface area (Å²) in [5.74, 6) is 2.37. The van der Waals surface area contributed by atoms with E-state index in [1.54, 1.807) is 18.9 Å². The van der Waals surface area contributed by atoms with Crippen molar-refractivity contribution in [3.05, 3.63) is 35.4 Å². The minimum atomic E-state index is -0.325. The third-order valence-electron chi connectivity index (χ3n) is 3.70. The lowest BCUT2D eigenvalue weighted by molar-refractivity contribution is -0.122. The molecule has 1 aromatic heterocycles. The Balaban J connectivity index is 2.22. The molecule has 0 aliphatic rings. The number of rotatable bonds is 8. The second-order valence-corrected chi connectivity index (χ2v) is 6.42. The van der Waals surface area contributed by atoms with Gasteiger partial charge >= 0.3 is 0 Å². The zero-order valence-electron chi connectivity index (χ0n) is 15.9. The van der Waals surface area contributed by atoms with Gasteiger partial charge in [-0.3, -0.25) is 4.79 Å². The van der Waals surface area contributed by atoms with Gasteiger partial charge in [0.1, 0.15) is 12.4 Å². The Morgan fingerprint density at radius 1 is 1.23 bits per heavy atom. The molecular formula is C18H27N5O3. The van der Waals surface area contributed by atoms with Gasteiger partial charge in [-0.2, -0.15) is 5.10 Å². The monoisotopic (exact) mass is 361 g/mol. The van der Waals surface area contributed by atoms with Crippen molar-refractivity contribution >= 4 is 5.91 Å². The van der Waals surface area contributed by atoms with Crippen LogP contribution in [0, 0.1) is 0 Å². The van der Waals surface area contributed by atoms with Crippen LogP contribution in [0.5, 0.6) is 11.5 Å². The number of benzene rings is 1. The first-order valence-electron chi connectivity index (χ1n) is 8.53. The van der Waals surface area contributed by atoms with Gasteiger partial charge in [0.2, 0.25) is 5.91 Å². The number of hydrogen-bond acceptors (Lipinski definition) is 6. The average molecular weight is 361 g/mol. The second-order valence-electron chi connectivity index (χ2n) is 6.42. The van der Waals surface area contributed by atoms with E-state index in [1.807, 2.05) is 39.0 Å². The van der Waals surface area contributed by atoms with E-state index in [0.29, 0.717) is 29.6 Å². The normalized spacial score (nSPS) is 12.1. The van der Waals surface area contributed by atoms with Crippen molar-refractivity contribution in [2.24, 2.45) is 5.73 Å². The van der Waals surface area contributed by atoms with Crippen LogP contribution in [0.15, 0.2) is 18.2 Å². The lowest BCUT2D eigenvalue weighted by Gasteiger charge is -2.10.